The fourth-order valence-corrected chi connectivity index (χ4v) is 2.91. The highest BCUT2D eigenvalue weighted by Gasteiger charge is 2.21. The predicted molar refractivity (Wildman–Crippen MR) is 73.3 cm³/mol. The molecule has 1 rings (SSSR count). The van der Waals surface area contributed by atoms with Crippen LogP contribution in [-0.2, 0) is 0 Å². The number of hydrogen-bond donors (Lipinski definition) is 2. The second-order valence-electron chi connectivity index (χ2n) is 5.64. The van der Waals surface area contributed by atoms with Crippen LogP contribution in [0.25, 0.3) is 0 Å². The van der Waals surface area contributed by atoms with E-state index in [2.05, 4.69) is 31.0 Å². The molecule has 1 aliphatic rings. The normalized spacial score (nSPS) is 23.3. The molecular weight excluding hydrogens is 212 g/mol. The number of aliphatic hydroxyl groups is 1. The summed E-state index contributed by atoms with van der Waals surface area (Å²) in [6.45, 7) is 9.34. The van der Waals surface area contributed by atoms with Crippen LogP contribution in [0.3, 0.4) is 0 Å². The van der Waals surface area contributed by atoms with Crippen LogP contribution in [0.4, 0.5) is 0 Å². The van der Waals surface area contributed by atoms with E-state index in [0.717, 1.165) is 13.0 Å². The SMILES string of the molecule is CC(C)N(CCCO)C(C)CC1CCCCN1. The molecule has 0 aromatic heterocycles. The molecule has 1 aliphatic heterocycles. The summed E-state index contributed by atoms with van der Waals surface area (Å²) in [5.41, 5.74) is 0. The number of nitrogens with one attached hydrogen (secondary N) is 1. The highest BCUT2D eigenvalue weighted by Crippen LogP contribution is 2.17. The van der Waals surface area contributed by atoms with Crippen molar-refractivity contribution in [1.82, 2.24) is 10.2 Å². The Hall–Kier alpha value is -0.120. The first-order valence-electron chi connectivity index (χ1n) is 7.25. The molecule has 1 heterocycles. The van der Waals surface area contributed by atoms with Crippen molar-refractivity contribution in [3.8, 4) is 0 Å². The van der Waals surface area contributed by atoms with Crippen LogP contribution < -0.4 is 5.32 Å². The molecule has 0 spiro atoms. The Bertz CT molecular complexity index is 191. The van der Waals surface area contributed by atoms with Crippen molar-refractivity contribution in [1.29, 1.82) is 0 Å². The standard InChI is InChI=1S/C14H30N2O/c1-12(2)16(9-6-10-17)13(3)11-14-7-4-5-8-15-14/h12-15,17H,4-11H2,1-3H3. The lowest BCUT2D eigenvalue weighted by Gasteiger charge is -2.36. The molecule has 0 saturated carbocycles. The molecule has 3 heteroatoms. The maximum Gasteiger partial charge on any atom is 0.0443 e. The van der Waals surface area contributed by atoms with Crippen molar-refractivity contribution in [2.75, 3.05) is 19.7 Å². The summed E-state index contributed by atoms with van der Waals surface area (Å²) in [7, 11) is 0. The van der Waals surface area contributed by atoms with E-state index in [1.54, 1.807) is 0 Å². The zero-order chi connectivity index (χ0) is 12.7. The fraction of sp³-hybridized carbons (Fsp3) is 1.00. The lowest BCUT2D eigenvalue weighted by atomic mass is 9.97. The second-order valence-corrected chi connectivity index (χ2v) is 5.64. The molecule has 2 atom stereocenters. The van der Waals surface area contributed by atoms with Gasteiger partial charge in [-0.2, -0.15) is 0 Å². The highest BCUT2D eigenvalue weighted by molar-refractivity contribution is 4.80. The van der Waals surface area contributed by atoms with Crippen LogP contribution in [0.2, 0.25) is 0 Å². The van der Waals surface area contributed by atoms with Crippen LogP contribution in [0.5, 0.6) is 0 Å². The average Bonchev–Trinajstić information content (AvgIpc) is 2.30. The summed E-state index contributed by atoms with van der Waals surface area (Å²) in [5, 5.41) is 12.6. The predicted octanol–water partition coefficient (Wildman–Crippen LogP) is 2.00. The molecule has 0 aliphatic carbocycles. The van der Waals surface area contributed by atoms with Gasteiger partial charge in [-0.1, -0.05) is 6.42 Å². The third-order valence-corrected chi connectivity index (χ3v) is 3.84. The van der Waals surface area contributed by atoms with Crippen molar-refractivity contribution >= 4 is 0 Å². The molecule has 1 fully saturated rings. The Balaban J connectivity index is 2.37. The van der Waals surface area contributed by atoms with Crippen molar-refractivity contribution in [2.45, 2.75) is 71.0 Å². The Kier molecular flexibility index (Phi) is 7.09. The van der Waals surface area contributed by atoms with Crippen molar-refractivity contribution in [3.63, 3.8) is 0 Å². The quantitative estimate of drug-likeness (QED) is 0.717. The largest absolute Gasteiger partial charge is 0.396 e. The van der Waals surface area contributed by atoms with Gasteiger partial charge in [-0.25, -0.2) is 0 Å². The lowest BCUT2D eigenvalue weighted by Crippen LogP contribution is -2.45. The Morgan fingerprint density at radius 2 is 2.06 bits per heavy atom. The maximum absolute atomic E-state index is 8.96. The van der Waals surface area contributed by atoms with E-state index < -0.39 is 0 Å². The molecule has 17 heavy (non-hydrogen) atoms. The number of aliphatic hydroxyl groups excluding tert-OH is 1. The molecule has 0 radical (unpaired) electrons. The molecule has 3 nitrogen and oxygen atoms in total. The lowest BCUT2D eigenvalue weighted by molar-refractivity contribution is 0.129. The van der Waals surface area contributed by atoms with Gasteiger partial charge in [0, 0.05) is 31.3 Å². The van der Waals surface area contributed by atoms with Crippen LogP contribution in [0, 0.1) is 0 Å². The summed E-state index contributed by atoms with van der Waals surface area (Å²) in [6.07, 6.45) is 6.17. The van der Waals surface area contributed by atoms with Crippen LogP contribution >= 0.6 is 0 Å². The number of hydrogen-bond acceptors (Lipinski definition) is 3. The number of nitrogens with zero attached hydrogens (tertiary/aromatic N) is 1. The Morgan fingerprint density at radius 1 is 1.29 bits per heavy atom. The average molecular weight is 242 g/mol. The van der Waals surface area contributed by atoms with Gasteiger partial charge in [-0.05, 0) is 53.0 Å². The number of piperidine rings is 1. The first-order valence-corrected chi connectivity index (χ1v) is 7.25. The van der Waals surface area contributed by atoms with Gasteiger partial charge in [0.2, 0.25) is 0 Å². The monoisotopic (exact) mass is 242 g/mol. The van der Waals surface area contributed by atoms with Crippen molar-refractivity contribution < 1.29 is 5.11 Å². The topological polar surface area (TPSA) is 35.5 Å². The zero-order valence-electron chi connectivity index (χ0n) is 11.8. The van der Waals surface area contributed by atoms with Gasteiger partial charge in [0.15, 0.2) is 0 Å². The van der Waals surface area contributed by atoms with Gasteiger partial charge in [0.05, 0.1) is 0 Å². The summed E-state index contributed by atoms with van der Waals surface area (Å²) in [5.74, 6) is 0. The van der Waals surface area contributed by atoms with E-state index in [1.807, 2.05) is 0 Å². The fourth-order valence-electron chi connectivity index (χ4n) is 2.91. The molecule has 0 aromatic rings. The van der Waals surface area contributed by atoms with Crippen LogP contribution in [0.15, 0.2) is 0 Å². The first kappa shape index (κ1) is 14.9. The van der Waals surface area contributed by atoms with E-state index in [4.69, 9.17) is 5.11 Å². The molecule has 0 bridgehead atoms. The van der Waals surface area contributed by atoms with Crippen molar-refractivity contribution in [3.05, 3.63) is 0 Å². The second kappa shape index (κ2) is 8.06. The first-order chi connectivity index (χ1) is 8.15. The van der Waals surface area contributed by atoms with Crippen LogP contribution in [0.1, 0.15) is 52.9 Å². The van der Waals surface area contributed by atoms with E-state index in [-0.39, 0.29) is 0 Å². The molecule has 0 amide bonds. The highest BCUT2D eigenvalue weighted by atomic mass is 16.3. The van der Waals surface area contributed by atoms with E-state index in [1.165, 1.54) is 32.2 Å². The molecule has 0 aromatic carbocycles. The van der Waals surface area contributed by atoms with Gasteiger partial charge >= 0.3 is 0 Å². The number of rotatable bonds is 7. The van der Waals surface area contributed by atoms with Gasteiger partial charge in [-0.15, -0.1) is 0 Å². The summed E-state index contributed by atoms with van der Waals surface area (Å²) < 4.78 is 0. The van der Waals surface area contributed by atoms with Crippen LogP contribution in [-0.4, -0.2) is 47.8 Å². The van der Waals surface area contributed by atoms with Gasteiger partial charge in [-0.3, -0.25) is 4.90 Å². The molecule has 2 N–H and O–H groups in total. The maximum atomic E-state index is 8.96. The third kappa shape index (κ3) is 5.36. The van der Waals surface area contributed by atoms with E-state index >= 15 is 0 Å². The minimum atomic E-state index is 0.303. The Morgan fingerprint density at radius 3 is 2.59 bits per heavy atom. The van der Waals surface area contributed by atoms with Gasteiger partial charge < -0.3 is 10.4 Å². The summed E-state index contributed by atoms with van der Waals surface area (Å²) in [6, 6.07) is 1.88. The van der Waals surface area contributed by atoms with E-state index in [0.29, 0.717) is 24.7 Å². The molecule has 1 saturated heterocycles. The minimum Gasteiger partial charge on any atom is -0.396 e. The summed E-state index contributed by atoms with van der Waals surface area (Å²) in [4.78, 5) is 2.52. The van der Waals surface area contributed by atoms with E-state index in [9.17, 15) is 0 Å². The molecule has 2 unspecified atom stereocenters. The van der Waals surface area contributed by atoms with Crippen molar-refractivity contribution in [2.24, 2.45) is 0 Å². The smallest absolute Gasteiger partial charge is 0.0443 e. The van der Waals surface area contributed by atoms with Gasteiger partial charge in [0.1, 0.15) is 0 Å². The third-order valence-electron chi connectivity index (χ3n) is 3.84. The zero-order valence-corrected chi connectivity index (χ0v) is 11.8. The molecule has 102 valence electrons. The van der Waals surface area contributed by atoms with Gasteiger partial charge in [0.25, 0.3) is 0 Å². The Labute approximate surface area is 107 Å². The minimum absolute atomic E-state index is 0.303. The molecular formula is C14H30N2O. The summed E-state index contributed by atoms with van der Waals surface area (Å²) >= 11 is 0.